The molecule has 5 nitrogen and oxygen atoms in total. The zero-order valence-electron chi connectivity index (χ0n) is 12.7. The summed E-state index contributed by atoms with van der Waals surface area (Å²) < 4.78 is 11.6. The second kappa shape index (κ2) is 8.95. The van der Waals surface area contributed by atoms with E-state index in [-0.39, 0.29) is 12.5 Å². The van der Waals surface area contributed by atoms with E-state index in [0.29, 0.717) is 12.4 Å². The summed E-state index contributed by atoms with van der Waals surface area (Å²) in [6, 6.07) is 14.7. The summed E-state index contributed by atoms with van der Waals surface area (Å²) in [4.78, 5) is 11.6. The number of carbonyl (C=O) groups excluding carboxylic acids is 1. The Labute approximate surface area is 143 Å². The van der Waals surface area contributed by atoms with Crippen molar-refractivity contribution in [3.05, 3.63) is 58.6 Å². The third-order valence-corrected chi connectivity index (χ3v) is 3.31. The Morgan fingerprint density at radius 3 is 2.35 bits per heavy atom. The minimum atomic E-state index is -0.324. The molecule has 0 saturated heterocycles. The van der Waals surface area contributed by atoms with Crippen molar-refractivity contribution in [2.75, 3.05) is 13.2 Å². The smallest absolute Gasteiger partial charge is 0.277 e. The number of hydrogen-bond acceptors (Lipinski definition) is 4. The van der Waals surface area contributed by atoms with Crippen molar-refractivity contribution in [2.45, 2.75) is 6.92 Å². The fraction of sp³-hybridized carbons (Fsp3) is 0.176. The maximum absolute atomic E-state index is 11.6. The molecule has 0 aromatic heterocycles. The number of carbonyl (C=O) groups is 1. The van der Waals surface area contributed by atoms with Gasteiger partial charge in [0.15, 0.2) is 6.61 Å². The van der Waals surface area contributed by atoms with Gasteiger partial charge in [-0.1, -0.05) is 15.9 Å². The van der Waals surface area contributed by atoms with Crippen molar-refractivity contribution in [2.24, 2.45) is 5.10 Å². The van der Waals surface area contributed by atoms with Gasteiger partial charge >= 0.3 is 0 Å². The Balaban J connectivity index is 1.75. The molecule has 0 aliphatic heterocycles. The highest BCUT2D eigenvalue weighted by molar-refractivity contribution is 9.10. The number of nitrogens with one attached hydrogen (secondary N) is 1. The van der Waals surface area contributed by atoms with Gasteiger partial charge in [0.1, 0.15) is 11.5 Å². The van der Waals surface area contributed by atoms with Gasteiger partial charge < -0.3 is 9.47 Å². The van der Waals surface area contributed by atoms with E-state index >= 15 is 0 Å². The lowest BCUT2D eigenvalue weighted by atomic mass is 10.2. The molecule has 6 heteroatoms. The van der Waals surface area contributed by atoms with Crippen LogP contribution < -0.4 is 14.9 Å². The number of benzene rings is 2. The van der Waals surface area contributed by atoms with Gasteiger partial charge in [0.2, 0.25) is 0 Å². The first kappa shape index (κ1) is 17.0. The minimum Gasteiger partial charge on any atom is -0.494 e. The first-order valence-corrected chi connectivity index (χ1v) is 7.90. The van der Waals surface area contributed by atoms with E-state index in [0.717, 1.165) is 15.8 Å². The summed E-state index contributed by atoms with van der Waals surface area (Å²) in [7, 11) is 0. The molecule has 120 valence electrons. The lowest BCUT2D eigenvalue weighted by Gasteiger charge is -2.05. The molecule has 0 aliphatic rings. The average molecular weight is 377 g/mol. The summed E-state index contributed by atoms with van der Waals surface area (Å²) in [6.45, 7) is 2.46. The molecule has 0 heterocycles. The third kappa shape index (κ3) is 6.12. The van der Waals surface area contributed by atoms with Gasteiger partial charge in [-0.15, -0.1) is 0 Å². The van der Waals surface area contributed by atoms with Crippen LogP contribution in [-0.2, 0) is 4.79 Å². The lowest BCUT2D eigenvalue weighted by Crippen LogP contribution is -2.24. The van der Waals surface area contributed by atoms with Crippen LogP contribution >= 0.6 is 15.9 Å². The average Bonchev–Trinajstić information content (AvgIpc) is 2.56. The van der Waals surface area contributed by atoms with Crippen LogP contribution in [0.15, 0.2) is 58.1 Å². The molecule has 2 rings (SSSR count). The highest BCUT2D eigenvalue weighted by Crippen LogP contribution is 2.15. The van der Waals surface area contributed by atoms with Crippen molar-refractivity contribution in [3.8, 4) is 11.5 Å². The summed E-state index contributed by atoms with van der Waals surface area (Å²) in [5.74, 6) is 1.10. The van der Waals surface area contributed by atoms with Gasteiger partial charge in [-0.05, 0) is 61.0 Å². The zero-order valence-corrected chi connectivity index (χ0v) is 14.2. The fourth-order valence-electron chi connectivity index (χ4n) is 1.71. The van der Waals surface area contributed by atoms with Crippen LogP contribution in [0.5, 0.6) is 11.5 Å². The predicted molar refractivity (Wildman–Crippen MR) is 93.0 cm³/mol. The summed E-state index contributed by atoms with van der Waals surface area (Å²) in [5.41, 5.74) is 3.28. The van der Waals surface area contributed by atoms with E-state index < -0.39 is 0 Å². The Hall–Kier alpha value is -2.34. The Morgan fingerprint density at radius 2 is 1.70 bits per heavy atom. The van der Waals surface area contributed by atoms with Gasteiger partial charge in [0.05, 0.1) is 12.8 Å². The number of amides is 1. The number of ether oxygens (including phenoxy) is 2. The first-order chi connectivity index (χ1) is 11.2. The lowest BCUT2D eigenvalue weighted by molar-refractivity contribution is -0.123. The maximum Gasteiger partial charge on any atom is 0.277 e. The van der Waals surface area contributed by atoms with E-state index in [1.54, 1.807) is 18.3 Å². The van der Waals surface area contributed by atoms with E-state index in [9.17, 15) is 4.79 Å². The number of hydrazone groups is 1. The molecule has 0 radical (unpaired) electrons. The van der Waals surface area contributed by atoms with Crippen LogP contribution in [0.1, 0.15) is 12.5 Å². The van der Waals surface area contributed by atoms with Crippen molar-refractivity contribution < 1.29 is 14.3 Å². The van der Waals surface area contributed by atoms with E-state index in [1.807, 2.05) is 43.3 Å². The number of nitrogens with zero attached hydrogens (tertiary/aromatic N) is 1. The quantitative estimate of drug-likeness (QED) is 0.595. The zero-order chi connectivity index (χ0) is 16.5. The first-order valence-electron chi connectivity index (χ1n) is 7.10. The van der Waals surface area contributed by atoms with Crippen molar-refractivity contribution in [1.82, 2.24) is 5.43 Å². The molecule has 0 unspecified atom stereocenters. The molecule has 0 fully saturated rings. The molecule has 2 aromatic rings. The van der Waals surface area contributed by atoms with Crippen LogP contribution in [-0.4, -0.2) is 25.3 Å². The highest BCUT2D eigenvalue weighted by atomic mass is 79.9. The van der Waals surface area contributed by atoms with Crippen LogP contribution in [0.25, 0.3) is 0 Å². The van der Waals surface area contributed by atoms with Gasteiger partial charge in [-0.25, -0.2) is 5.43 Å². The molecule has 0 atom stereocenters. The van der Waals surface area contributed by atoms with Crippen molar-refractivity contribution >= 4 is 28.1 Å². The number of hydrogen-bond donors (Lipinski definition) is 1. The van der Waals surface area contributed by atoms with Crippen LogP contribution in [0, 0.1) is 0 Å². The highest BCUT2D eigenvalue weighted by Gasteiger charge is 2.01. The van der Waals surface area contributed by atoms with Gasteiger partial charge in [-0.2, -0.15) is 5.10 Å². The van der Waals surface area contributed by atoms with E-state index in [4.69, 9.17) is 9.47 Å². The molecule has 0 saturated carbocycles. The fourth-order valence-corrected chi connectivity index (χ4v) is 1.97. The Bertz CT molecular complexity index is 655. The number of rotatable bonds is 7. The van der Waals surface area contributed by atoms with Crippen molar-refractivity contribution in [3.63, 3.8) is 0 Å². The Kier molecular flexibility index (Phi) is 6.62. The molecule has 23 heavy (non-hydrogen) atoms. The normalized spacial score (nSPS) is 10.5. The molecule has 1 amide bonds. The predicted octanol–water partition coefficient (Wildman–Crippen LogP) is 3.38. The van der Waals surface area contributed by atoms with Gasteiger partial charge in [0.25, 0.3) is 5.91 Å². The molecule has 0 bridgehead atoms. The summed E-state index contributed by atoms with van der Waals surface area (Å²) in [5, 5.41) is 3.89. The second-order valence-electron chi connectivity index (χ2n) is 4.54. The van der Waals surface area contributed by atoms with E-state index in [2.05, 4.69) is 26.5 Å². The van der Waals surface area contributed by atoms with Crippen LogP contribution in [0.3, 0.4) is 0 Å². The largest absolute Gasteiger partial charge is 0.494 e. The van der Waals surface area contributed by atoms with Crippen LogP contribution in [0.4, 0.5) is 0 Å². The van der Waals surface area contributed by atoms with Gasteiger partial charge in [0, 0.05) is 4.47 Å². The molecule has 0 aliphatic carbocycles. The standard InChI is InChI=1S/C17H17BrN2O3/c1-2-22-15-7-3-13(4-8-15)11-19-20-17(21)12-23-16-9-5-14(18)6-10-16/h3-11H,2,12H2,1H3,(H,20,21)/b19-11-. The molecular formula is C17H17BrN2O3. The molecule has 0 spiro atoms. The Morgan fingerprint density at radius 1 is 1.09 bits per heavy atom. The maximum atomic E-state index is 11.6. The van der Waals surface area contributed by atoms with Gasteiger partial charge in [-0.3, -0.25) is 4.79 Å². The van der Waals surface area contributed by atoms with Crippen molar-refractivity contribution in [1.29, 1.82) is 0 Å². The molecule has 2 aromatic carbocycles. The number of halogens is 1. The SMILES string of the molecule is CCOc1ccc(/C=N\NC(=O)COc2ccc(Br)cc2)cc1. The monoisotopic (exact) mass is 376 g/mol. The molecular weight excluding hydrogens is 360 g/mol. The summed E-state index contributed by atoms with van der Waals surface area (Å²) in [6.07, 6.45) is 1.56. The third-order valence-electron chi connectivity index (χ3n) is 2.78. The topological polar surface area (TPSA) is 59.9 Å². The van der Waals surface area contributed by atoms with E-state index in [1.165, 1.54) is 0 Å². The summed E-state index contributed by atoms with van der Waals surface area (Å²) >= 11 is 3.33. The molecule has 1 N–H and O–H groups in total. The minimum absolute atomic E-state index is 0.0950. The second-order valence-corrected chi connectivity index (χ2v) is 5.45. The van der Waals surface area contributed by atoms with Crippen LogP contribution in [0.2, 0.25) is 0 Å².